The van der Waals surface area contributed by atoms with Gasteiger partial charge in [-0.3, -0.25) is 14.5 Å². The Bertz CT molecular complexity index is 541. The number of carboxylic acid groups (broad SMARTS) is 1. The standard InChI is InChI=1S/C15H21N3O4/c1-17-5-7-18(8-6-17)13(15(21)22)10-14(20)16-11-3-2-4-12(19)9-11/h2-4,9,13,19H,5-8,10H2,1H3,(H,16,20)(H,21,22)/t13-/m1/s1. The second-order valence-electron chi connectivity index (χ2n) is 5.50. The van der Waals surface area contributed by atoms with E-state index in [1.807, 2.05) is 11.9 Å². The maximum absolute atomic E-state index is 12.1. The summed E-state index contributed by atoms with van der Waals surface area (Å²) in [5.74, 6) is -1.32. The van der Waals surface area contributed by atoms with Crippen molar-refractivity contribution >= 4 is 17.6 Å². The minimum Gasteiger partial charge on any atom is -0.508 e. The molecule has 1 saturated heterocycles. The molecule has 2 rings (SSSR count). The van der Waals surface area contributed by atoms with Crippen LogP contribution < -0.4 is 5.32 Å². The summed E-state index contributed by atoms with van der Waals surface area (Å²) < 4.78 is 0. The van der Waals surface area contributed by atoms with Crippen LogP contribution in [0.15, 0.2) is 24.3 Å². The SMILES string of the molecule is CN1CCN([C@H](CC(=O)Nc2cccc(O)c2)C(=O)O)CC1. The van der Waals surface area contributed by atoms with Gasteiger partial charge in [-0.15, -0.1) is 0 Å². The monoisotopic (exact) mass is 307 g/mol. The Balaban J connectivity index is 1.95. The van der Waals surface area contributed by atoms with Gasteiger partial charge < -0.3 is 20.4 Å². The van der Waals surface area contributed by atoms with E-state index in [0.29, 0.717) is 18.8 Å². The highest BCUT2D eigenvalue weighted by Gasteiger charge is 2.30. The van der Waals surface area contributed by atoms with Gasteiger partial charge in [-0.1, -0.05) is 6.07 Å². The molecule has 0 radical (unpaired) electrons. The molecule has 1 aromatic rings. The number of piperazine rings is 1. The molecule has 1 heterocycles. The summed E-state index contributed by atoms with van der Waals surface area (Å²) in [6.45, 7) is 2.84. The number of aromatic hydroxyl groups is 1. The third-order valence-corrected chi connectivity index (χ3v) is 3.77. The normalized spacial score (nSPS) is 17.9. The molecule has 0 aromatic heterocycles. The van der Waals surface area contributed by atoms with Crippen molar-refractivity contribution < 1.29 is 19.8 Å². The first-order valence-electron chi connectivity index (χ1n) is 7.20. The van der Waals surface area contributed by atoms with Crippen LogP contribution in [0.2, 0.25) is 0 Å². The van der Waals surface area contributed by atoms with E-state index in [2.05, 4.69) is 10.2 Å². The number of benzene rings is 1. The predicted octanol–water partition coefficient (Wildman–Crippen LogP) is 0.421. The van der Waals surface area contributed by atoms with Crippen LogP contribution in [-0.4, -0.2) is 71.2 Å². The zero-order chi connectivity index (χ0) is 16.1. The average molecular weight is 307 g/mol. The molecule has 120 valence electrons. The molecule has 22 heavy (non-hydrogen) atoms. The van der Waals surface area contributed by atoms with Crippen LogP contribution in [-0.2, 0) is 9.59 Å². The van der Waals surface area contributed by atoms with Crippen LogP contribution in [0.3, 0.4) is 0 Å². The summed E-state index contributed by atoms with van der Waals surface area (Å²) in [7, 11) is 1.99. The van der Waals surface area contributed by atoms with Crippen molar-refractivity contribution in [2.45, 2.75) is 12.5 Å². The van der Waals surface area contributed by atoms with Crippen LogP contribution in [0.4, 0.5) is 5.69 Å². The maximum Gasteiger partial charge on any atom is 0.321 e. The Hall–Kier alpha value is -2.12. The van der Waals surface area contributed by atoms with Crippen molar-refractivity contribution in [3.05, 3.63) is 24.3 Å². The minimum absolute atomic E-state index is 0.0478. The predicted molar refractivity (Wildman–Crippen MR) is 81.8 cm³/mol. The number of likely N-dealkylation sites (N-methyl/N-ethyl adjacent to an activating group) is 1. The molecule has 0 aliphatic carbocycles. The Morgan fingerprint density at radius 2 is 1.95 bits per heavy atom. The van der Waals surface area contributed by atoms with Crippen molar-refractivity contribution in [2.75, 3.05) is 38.5 Å². The van der Waals surface area contributed by atoms with Gasteiger partial charge in [-0.25, -0.2) is 0 Å². The van der Waals surface area contributed by atoms with E-state index >= 15 is 0 Å². The fourth-order valence-electron chi connectivity index (χ4n) is 2.48. The highest BCUT2D eigenvalue weighted by molar-refractivity contribution is 5.94. The van der Waals surface area contributed by atoms with Gasteiger partial charge in [0.2, 0.25) is 5.91 Å². The maximum atomic E-state index is 12.1. The van der Waals surface area contributed by atoms with Crippen LogP contribution in [0.25, 0.3) is 0 Å². The quantitative estimate of drug-likeness (QED) is 0.730. The van der Waals surface area contributed by atoms with Crippen LogP contribution in [0.5, 0.6) is 5.75 Å². The van der Waals surface area contributed by atoms with Gasteiger partial charge in [0.1, 0.15) is 11.8 Å². The number of hydrogen-bond acceptors (Lipinski definition) is 5. The summed E-state index contributed by atoms with van der Waals surface area (Å²) in [6.07, 6.45) is -0.116. The molecular formula is C15H21N3O4. The number of aliphatic carboxylic acids is 1. The largest absolute Gasteiger partial charge is 0.508 e. The zero-order valence-corrected chi connectivity index (χ0v) is 12.5. The summed E-state index contributed by atoms with van der Waals surface area (Å²) in [4.78, 5) is 27.5. The van der Waals surface area contributed by atoms with E-state index in [9.17, 15) is 19.8 Å². The number of amides is 1. The Morgan fingerprint density at radius 3 is 2.55 bits per heavy atom. The number of carbonyl (C=O) groups excluding carboxylic acids is 1. The Kier molecular flexibility index (Phi) is 5.35. The lowest BCUT2D eigenvalue weighted by atomic mass is 10.1. The lowest BCUT2D eigenvalue weighted by Crippen LogP contribution is -2.52. The van der Waals surface area contributed by atoms with Gasteiger partial charge in [-0.2, -0.15) is 0 Å². The zero-order valence-electron chi connectivity index (χ0n) is 12.5. The molecule has 1 atom stereocenters. The van der Waals surface area contributed by atoms with E-state index in [1.165, 1.54) is 12.1 Å². The molecule has 0 bridgehead atoms. The number of anilines is 1. The molecule has 0 spiro atoms. The van der Waals surface area contributed by atoms with Crippen LogP contribution >= 0.6 is 0 Å². The van der Waals surface area contributed by atoms with E-state index in [0.717, 1.165) is 13.1 Å². The first-order chi connectivity index (χ1) is 10.5. The van der Waals surface area contributed by atoms with Crippen molar-refractivity contribution in [3.8, 4) is 5.75 Å². The van der Waals surface area contributed by atoms with E-state index in [-0.39, 0.29) is 18.1 Å². The average Bonchev–Trinajstić information content (AvgIpc) is 2.45. The number of carbonyl (C=O) groups is 2. The number of hydrogen-bond donors (Lipinski definition) is 3. The molecule has 3 N–H and O–H groups in total. The van der Waals surface area contributed by atoms with E-state index < -0.39 is 12.0 Å². The van der Waals surface area contributed by atoms with Crippen molar-refractivity contribution in [2.24, 2.45) is 0 Å². The molecule has 1 aliphatic heterocycles. The third-order valence-electron chi connectivity index (χ3n) is 3.77. The number of nitrogens with zero attached hydrogens (tertiary/aromatic N) is 2. The van der Waals surface area contributed by atoms with Crippen LogP contribution in [0, 0.1) is 0 Å². The highest BCUT2D eigenvalue weighted by atomic mass is 16.4. The molecule has 7 heteroatoms. The molecule has 1 aromatic carbocycles. The second kappa shape index (κ2) is 7.24. The van der Waals surface area contributed by atoms with Crippen molar-refractivity contribution in [1.29, 1.82) is 0 Å². The first-order valence-corrected chi connectivity index (χ1v) is 7.20. The number of nitrogens with one attached hydrogen (secondary N) is 1. The van der Waals surface area contributed by atoms with Gasteiger partial charge in [0, 0.05) is 37.9 Å². The van der Waals surface area contributed by atoms with Crippen molar-refractivity contribution in [1.82, 2.24) is 9.80 Å². The van der Waals surface area contributed by atoms with E-state index in [1.54, 1.807) is 12.1 Å². The molecule has 0 saturated carbocycles. The summed E-state index contributed by atoms with van der Waals surface area (Å²) in [5, 5.41) is 21.4. The smallest absolute Gasteiger partial charge is 0.321 e. The number of phenols is 1. The molecular weight excluding hydrogens is 286 g/mol. The highest BCUT2D eigenvalue weighted by Crippen LogP contribution is 2.16. The van der Waals surface area contributed by atoms with Crippen LogP contribution in [0.1, 0.15) is 6.42 Å². The van der Waals surface area contributed by atoms with Gasteiger partial charge in [0.05, 0.1) is 6.42 Å². The van der Waals surface area contributed by atoms with Gasteiger partial charge >= 0.3 is 5.97 Å². The topological polar surface area (TPSA) is 93.1 Å². The summed E-state index contributed by atoms with van der Waals surface area (Å²) in [6, 6.07) is 5.35. The third kappa shape index (κ3) is 4.44. The number of phenolic OH excluding ortho intramolecular Hbond substituents is 1. The Morgan fingerprint density at radius 1 is 1.27 bits per heavy atom. The molecule has 0 unspecified atom stereocenters. The molecule has 1 fully saturated rings. The molecule has 1 aliphatic rings. The first kappa shape index (κ1) is 16.3. The van der Waals surface area contributed by atoms with Gasteiger partial charge in [-0.05, 0) is 19.2 Å². The second-order valence-corrected chi connectivity index (χ2v) is 5.50. The van der Waals surface area contributed by atoms with Crippen molar-refractivity contribution in [3.63, 3.8) is 0 Å². The number of rotatable bonds is 5. The Labute approximate surface area is 129 Å². The fourth-order valence-corrected chi connectivity index (χ4v) is 2.48. The van der Waals surface area contributed by atoms with Gasteiger partial charge in [0.15, 0.2) is 0 Å². The van der Waals surface area contributed by atoms with Gasteiger partial charge in [0.25, 0.3) is 0 Å². The number of carboxylic acids is 1. The lowest BCUT2D eigenvalue weighted by Gasteiger charge is -2.35. The minimum atomic E-state index is -0.990. The summed E-state index contributed by atoms with van der Waals surface area (Å²) >= 11 is 0. The summed E-state index contributed by atoms with van der Waals surface area (Å²) in [5.41, 5.74) is 0.451. The molecule has 7 nitrogen and oxygen atoms in total. The van der Waals surface area contributed by atoms with E-state index in [4.69, 9.17) is 0 Å². The molecule has 1 amide bonds. The lowest BCUT2D eigenvalue weighted by molar-refractivity contribution is -0.145. The fraction of sp³-hybridized carbons (Fsp3) is 0.467.